The molecular weight excluding hydrogens is 250 g/mol. The molecule has 5 heavy (non-hydrogen) atoms. The fourth-order valence-corrected chi connectivity index (χ4v) is 0. The van der Waals surface area contributed by atoms with Crippen LogP contribution in [0.1, 0.15) is 0 Å². The summed E-state index contributed by atoms with van der Waals surface area (Å²) in [5.41, 5.74) is 0. The molecule has 0 heterocycles. The predicted molar refractivity (Wildman–Crippen MR) is 10.8 cm³/mol. The standard InChI is InChI=1S/3H2O.2Ru/h3*1H2;;/q;;;2*+2. The number of rotatable bonds is 0. The second kappa shape index (κ2) is 68.8. The first-order valence-corrected chi connectivity index (χ1v) is 0. The van der Waals surface area contributed by atoms with Crippen molar-refractivity contribution in [3.63, 3.8) is 0 Å². The fraction of sp³-hybridized carbons (Fsp3) is 0. The molecule has 0 spiro atoms. The van der Waals surface area contributed by atoms with Gasteiger partial charge in [0.2, 0.25) is 0 Å². The zero-order valence-corrected chi connectivity index (χ0v) is 5.68. The van der Waals surface area contributed by atoms with Crippen LogP contribution >= 0.6 is 0 Å². The van der Waals surface area contributed by atoms with Gasteiger partial charge in [0.15, 0.2) is 0 Å². The molecule has 0 aromatic rings. The van der Waals surface area contributed by atoms with E-state index >= 15 is 0 Å². The summed E-state index contributed by atoms with van der Waals surface area (Å²) < 4.78 is 0. The van der Waals surface area contributed by atoms with E-state index < -0.39 is 0 Å². The molecule has 0 aromatic carbocycles. The zero-order chi connectivity index (χ0) is 0. The fourth-order valence-electron chi connectivity index (χ4n) is 0. The zero-order valence-electron chi connectivity index (χ0n) is 2.21. The van der Waals surface area contributed by atoms with Gasteiger partial charge in [-0.05, 0) is 0 Å². The molecule has 0 aliphatic heterocycles. The van der Waals surface area contributed by atoms with Crippen molar-refractivity contribution in [2.24, 2.45) is 0 Å². The van der Waals surface area contributed by atoms with Gasteiger partial charge >= 0.3 is 39.0 Å². The number of hydrogen-bond acceptors (Lipinski definition) is 0. The van der Waals surface area contributed by atoms with E-state index in [1.165, 1.54) is 0 Å². The third-order valence-electron chi connectivity index (χ3n) is 0. The van der Waals surface area contributed by atoms with Crippen molar-refractivity contribution in [2.45, 2.75) is 0 Å². The minimum atomic E-state index is 0. The van der Waals surface area contributed by atoms with Crippen LogP contribution in [0.5, 0.6) is 0 Å². The monoisotopic (exact) mass is 258 g/mol. The summed E-state index contributed by atoms with van der Waals surface area (Å²) in [6, 6.07) is 0. The molecule has 0 fully saturated rings. The Morgan fingerprint density at radius 2 is 0.400 bits per heavy atom. The average Bonchev–Trinajstić information content (AvgIpc) is 0. The van der Waals surface area contributed by atoms with Gasteiger partial charge in [0.25, 0.3) is 0 Å². The minimum absolute atomic E-state index is 0. The second-order valence-electron chi connectivity index (χ2n) is 0. The van der Waals surface area contributed by atoms with Crippen LogP contribution in [0.2, 0.25) is 0 Å². The second-order valence-corrected chi connectivity index (χ2v) is 0. The van der Waals surface area contributed by atoms with E-state index in [2.05, 4.69) is 0 Å². The van der Waals surface area contributed by atoms with Gasteiger partial charge in [0, 0.05) is 0 Å². The summed E-state index contributed by atoms with van der Waals surface area (Å²) in [4.78, 5) is 0. The molecule has 0 saturated carbocycles. The van der Waals surface area contributed by atoms with E-state index in [1.807, 2.05) is 0 Å². The average molecular weight is 256 g/mol. The van der Waals surface area contributed by atoms with Gasteiger partial charge in [-0.25, -0.2) is 0 Å². The quantitative estimate of drug-likeness (QED) is 0.429. The summed E-state index contributed by atoms with van der Waals surface area (Å²) in [6.07, 6.45) is 0. The first kappa shape index (κ1) is 127. The van der Waals surface area contributed by atoms with E-state index in [4.69, 9.17) is 0 Å². The van der Waals surface area contributed by atoms with E-state index in [1.54, 1.807) is 0 Å². The van der Waals surface area contributed by atoms with Crippen molar-refractivity contribution < 1.29 is 55.4 Å². The van der Waals surface area contributed by atoms with E-state index in [9.17, 15) is 0 Å². The topological polar surface area (TPSA) is 94.5 Å². The maximum atomic E-state index is 0. The first-order valence-electron chi connectivity index (χ1n) is 0. The Bertz CT molecular complexity index is 4.85. The molecule has 0 amide bonds. The normalized spacial score (nSPS) is 0. The molecular formula is H6O3Ru2+4. The van der Waals surface area contributed by atoms with Gasteiger partial charge in [-0.3, -0.25) is 0 Å². The summed E-state index contributed by atoms with van der Waals surface area (Å²) in [7, 11) is 0. The molecule has 0 aliphatic rings. The van der Waals surface area contributed by atoms with Gasteiger partial charge in [0.05, 0.1) is 0 Å². The Kier molecular flexibility index (Phi) is 1740. The van der Waals surface area contributed by atoms with Crippen molar-refractivity contribution in [1.82, 2.24) is 0 Å². The van der Waals surface area contributed by atoms with E-state index in [0.717, 1.165) is 0 Å². The molecule has 36 valence electrons. The molecule has 0 bridgehead atoms. The largest absolute Gasteiger partial charge is 2.00 e. The summed E-state index contributed by atoms with van der Waals surface area (Å²) >= 11 is 0. The van der Waals surface area contributed by atoms with Crippen LogP contribution < -0.4 is 0 Å². The Hall–Kier alpha value is 1.13. The molecule has 0 aromatic heterocycles. The van der Waals surface area contributed by atoms with Crippen molar-refractivity contribution in [3.8, 4) is 0 Å². The van der Waals surface area contributed by atoms with Crippen LogP contribution in [0.3, 0.4) is 0 Å². The van der Waals surface area contributed by atoms with E-state index in [0.29, 0.717) is 0 Å². The Morgan fingerprint density at radius 3 is 0.400 bits per heavy atom. The van der Waals surface area contributed by atoms with Gasteiger partial charge in [-0.2, -0.15) is 0 Å². The molecule has 5 heteroatoms. The van der Waals surface area contributed by atoms with Crippen LogP contribution in [-0.2, 0) is 39.0 Å². The third-order valence-corrected chi connectivity index (χ3v) is 0. The maximum Gasteiger partial charge on any atom is 2.00 e. The molecule has 0 aliphatic carbocycles. The minimum Gasteiger partial charge on any atom is -0.412 e. The van der Waals surface area contributed by atoms with Crippen LogP contribution in [0.4, 0.5) is 0 Å². The van der Waals surface area contributed by atoms with Gasteiger partial charge in [-0.15, -0.1) is 0 Å². The molecule has 0 radical (unpaired) electrons. The van der Waals surface area contributed by atoms with Gasteiger partial charge in [-0.1, -0.05) is 0 Å². The summed E-state index contributed by atoms with van der Waals surface area (Å²) in [5.74, 6) is 0. The SMILES string of the molecule is O.O.O.[Ru+2].[Ru+2]. The van der Waals surface area contributed by atoms with Crippen LogP contribution in [0.25, 0.3) is 0 Å². The molecule has 0 rings (SSSR count). The molecule has 6 N–H and O–H groups in total. The molecule has 0 saturated heterocycles. The molecule has 3 nitrogen and oxygen atoms in total. The van der Waals surface area contributed by atoms with Crippen molar-refractivity contribution in [1.29, 1.82) is 0 Å². The Balaban J connectivity index is 0. The van der Waals surface area contributed by atoms with E-state index in [-0.39, 0.29) is 55.4 Å². The molecule has 0 unspecified atom stereocenters. The summed E-state index contributed by atoms with van der Waals surface area (Å²) in [5, 5.41) is 0. The van der Waals surface area contributed by atoms with Crippen LogP contribution in [0.15, 0.2) is 0 Å². The van der Waals surface area contributed by atoms with Crippen molar-refractivity contribution >= 4 is 0 Å². The number of hydrogen-bond donors (Lipinski definition) is 0. The van der Waals surface area contributed by atoms with Gasteiger partial charge in [0.1, 0.15) is 0 Å². The maximum absolute atomic E-state index is 0. The van der Waals surface area contributed by atoms with Crippen molar-refractivity contribution in [3.05, 3.63) is 0 Å². The third kappa shape index (κ3) is 39.5. The smallest absolute Gasteiger partial charge is 0.412 e. The molecule has 0 atom stereocenters. The predicted octanol–water partition coefficient (Wildman–Crippen LogP) is -2.48. The van der Waals surface area contributed by atoms with Crippen LogP contribution in [0, 0.1) is 0 Å². The Morgan fingerprint density at radius 1 is 0.400 bits per heavy atom. The first-order chi connectivity index (χ1) is 0. The van der Waals surface area contributed by atoms with Gasteiger partial charge < -0.3 is 16.4 Å². The summed E-state index contributed by atoms with van der Waals surface area (Å²) in [6.45, 7) is 0. The van der Waals surface area contributed by atoms with Crippen molar-refractivity contribution in [2.75, 3.05) is 0 Å². The van der Waals surface area contributed by atoms with Crippen LogP contribution in [-0.4, -0.2) is 16.4 Å². The Labute approximate surface area is 55.6 Å².